The number of nitrogens with two attached hydrogens (primary N) is 1. The summed E-state index contributed by atoms with van der Waals surface area (Å²) < 4.78 is 1.83. The maximum atomic E-state index is 5.94. The monoisotopic (exact) mass is 244 g/mol. The molecule has 0 aliphatic heterocycles. The summed E-state index contributed by atoms with van der Waals surface area (Å²) in [5.74, 6) is 2.34. The van der Waals surface area contributed by atoms with E-state index >= 15 is 0 Å². The molecule has 1 heterocycles. The highest BCUT2D eigenvalue weighted by Crippen LogP contribution is 2.25. The van der Waals surface area contributed by atoms with Crippen LogP contribution in [0.2, 0.25) is 0 Å². The molecule has 18 heavy (non-hydrogen) atoms. The molecule has 2 N–H and O–H groups in total. The summed E-state index contributed by atoms with van der Waals surface area (Å²) in [6.45, 7) is 6.35. The van der Waals surface area contributed by atoms with Crippen LogP contribution >= 0.6 is 0 Å². The van der Waals surface area contributed by atoms with Crippen molar-refractivity contribution in [1.29, 1.82) is 0 Å². The number of hydrogen-bond acceptors (Lipinski definition) is 3. The van der Waals surface area contributed by atoms with Crippen LogP contribution in [0.4, 0.5) is 5.69 Å². The van der Waals surface area contributed by atoms with Crippen LogP contribution in [0.3, 0.4) is 0 Å². The van der Waals surface area contributed by atoms with E-state index in [1.54, 1.807) is 0 Å². The molecule has 0 atom stereocenters. The van der Waals surface area contributed by atoms with Crippen molar-refractivity contribution < 1.29 is 0 Å². The lowest BCUT2D eigenvalue weighted by Crippen LogP contribution is -1.99. The molecule has 0 unspecified atom stereocenters. The number of aromatic nitrogens is 3. The van der Waals surface area contributed by atoms with Gasteiger partial charge in [-0.2, -0.15) is 5.10 Å². The molecule has 0 aliphatic carbocycles. The Bertz CT molecular complexity index is 555. The first-order valence-corrected chi connectivity index (χ1v) is 6.24. The molecule has 4 nitrogen and oxygen atoms in total. The number of nitrogen functional groups attached to an aromatic ring is 1. The average Bonchev–Trinajstić information content (AvgIpc) is 2.62. The Morgan fingerprint density at radius 3 is 2.72 bits per heavy atom. The lowest BCUT2D eigenvalue weighted by molar-refractivity contribution is 0.613. The summed E-state index contributed by atoms with van der Waals surface area (Å²) in [7, 11) is 1.93. The molecule has 0 saturated carbocycles. The van der Waals surface area contributed by atoms with Gasteiger partial charge in [-0.1, -0.05) is 26.0 Å². The van der Waals surface area contributed by atoms with E-state index in [4.69, 9.17) is 5.73 Å². The van der Waals surface area contributed by atoms with Gasteiger partial charge in [0.25, 0.3) is 0 Å². The zero-order valence-electron chi connectivity index (χ0n) is 11.4. The second kappa shape index (κ2) is 4.80. The van der Waals surface area contributed by atoms with Gasteiger partial charge in [0.05, 0.1) is 0 Å². The van der Waals surface area contributed by atoms with Crippen LogP contribution in [0, 0.1) is 12.8 Å². The topological polar surface area (TPSA) is 56.7 Å². The third-order valence-corrected chi connectivity index (χ3v) is 3.01. The Labute approximate surface area is 108 Å². The molecular weight excluding hydrogens is 224 g/mol. The highest BCUT2D eigenvalue weighted by Gasteiger charge is 2.13. The molecule has 1 aromatic heterocycles. The van der Waals surface area contributed by atoms with E-state index in [-0.39, 0.29) is 0 Å². The van der Waals surface area contributed by atoms with Crippen LogP contribution in [0.25, 0.3) is 11.4 Å². The molecule has 96 valence electrons. The summed E-state index contributed by atoms with van der Waals surface area (Å²) in [6, 6.07) is 5.90. The van der Waals surface area contributed by atoms with E-state index in [1.165, 1.54) is 0 Å². The van der Waals surface area contributed by atoms with E-state index in [9.17, 15) is 0 Å². The first kappa shape index (κ1) is 12.6. The van der Waals surface area contributed by atoms with Crippen molar-refractivity contribution >= 4 is 5.69 Å². The number of anilines is 1. The summed E-state index contributed by atoms with van der Waals surface area (Å²) in [5, 5.41) is 4.46. The summed E-state index contributed by atoms with van der Waals surface area (Å²) in [4.78, 5) is 4.62. The largest absolute Gasteiger partial charge is 0.398 e. The number of rotatable bonds is 3. The lowest BCUT2D eigenvalue weighted by Gasteiger charge is -2.06. The van der Waals surface area contributed by atoms with Gasteiger partial charge in [0, 0.05) is 24.7 Å². The molecule has 0 spiro atoms. The van der Waals surface area contributed by atoms with Crippen LogP contribution < -0.4 is 5.73 Å². The molecular formula is C14H20N4. The number of benzene rings is 1. The second-order valence-corrected chi connectivity index (χ2v) is 5.09. The molecule has 4 heteroatoms. The van der Waals surface area contributed by atoms with Gasteiger partial charge in [-0.3, -0.25) is 0 Å². The SMILES string of the molecule is Cc1c(N)cccc1-c1nc(CC(C)C)nn1C. The normalized spacial score (nSPS) is 11.2. The maximum absolute atomic E-state index is 5.94. The first-order valence-electron chi connectivity index (χ1n) is 6.24. The minimum atomic E-state index is 0.558. The molecule has 0 radical (unpaired) electrons. The van der Waals surface area contributed by atoms with Gasteiger partial charge in [0.15, 0.2) is 11.6 Å². The Morgan fingerprint density at radius 1 is 1.33 bits per heavy atom. The minimum Gasteiger partial charge on any atom is -0.398 e. The van der Waals surface area contributed by atoms with Crippen molar-refractivity contribution in [2.24, 2.45) is 13.0 Å². The second-order valence-electron chi connectivity index (χ2n) is 5.09. The van der Waals surface area contributed by atoms with E-state index < -0.39 is 0 Å². The standard InChI is InChI=1S/C14H20N4/c1-9(2)8-13-16-14(18(4)17-13)11-6-5-7-12(15)10(11)3/h5-7,9H,8,15H2,1-4H3. The van der Waals surface area contributed by atoms with E-state index in [0.29, 0.717) is 5.92 Å². The van der Waals surface area contributed by atoms with Crippen LogP contribution in [-0.4, -0.2) is 14.8 Å². The zero-order valence-corrected chi connectivity index (χ0v) is 11.4. The van der Waals surface area contributed by atoms with Gasteiger partial charge in [-0.15, -0.1) is 0 Å². The highest BCUT2D eigenvalue weighted by atomic mass is 15.3. The number of nitrogens with zero attached hydrogens (tertiary/aromatic N) is 3. The van der Waals surface area contributed by atoms with Gasteiger partial charge >= 0.3 is 0 Å². The fourth-order valence-electron chi connectivity index (χ4n) is 2.02. The van der Waals surface area contributed by atoms with Crippen molar-refractivity contribution in [1.82, 2.24) is 14.8 Å². The quantitative estimate of drug-likeness (QED) is 0.844. The van der Waals surface area contributed by atoms with Gasteiger partial charge in [-0.25, -0.2) is 9.67 Å². The Morgan fingerprint density at radius 2 is 2.06 bits per heavy atom. The third-order valence-electron chi connectivity index (χ3n) is 3.01. The molecule has 1 aromatic carbocycles. The van der Waals surface area contributed by atoms with E-state index in [1.807, 2.05) is 36.9 Å². The zero-order chi connectivity index (χ0) is 13.3. The predicted octanol–water partition coefficient (Wildman–Crippen LogP) is 2.57. The Hall–Kier alpha value is -1.84. The van der Waals surface area contributed by atoms with Gasteiger partial charge < -0.3 is 5.73 Å². The van der Waals surface area contributed by atoms with Crippen molar-refractivity contribution in [2.75, 3.05) is 5.73 Å². The summed E-state index contributed by atoms with van der Waals surface area (Å²) in [6.07, 6.45) is 0.898. The van der Waals surface area contributed by atoms with E-state index in [2.05, 4.69) is 23.9 Å². The van der Waals surface area contributed by atoms with Crippen molar-refractivity contribution in [3.63, 3.8) is 0 Å². The van der Waals surface area contributed by atoms with Crippen molar-refractivity contribution in [3.05, 3.63) is 29.6 Å². The molecule has 2 aromatic rings. The van der Waals surface area contributed by atoms with Crippen LogP contribution in [0.1, 0.15) is 25.2 Å². The minimum absolute atomic E-state index is 0.558. The Balaban J connectivity index is 2.44. The highest BCUT2D eigenvalue weighted by molar-refractivity contribution is 5.67. The molecule has 0 aliphatic rings. The molecule has 0 amide bonds. The number of hydrogen-bond donors (Lipinski definition) is 1. The summed E-state index contributed by atoms with van der Waals surface area (Å²) >= 11 is 0. The van der Waals surface area contributed by atoms with Crippen molar-refractivity contribution in [3.8, 4) is 11.4 Å². The third kappa shape index (κ3) is 2.37. The van der Waals surface area contributed by atoms with Gasteiger partial charge in [0.1, 0.15) is 0 Å². The number of aryl methyl sites for hydroxylation is 1. The predicted molar refractivity (Wildman–Crippen MR) is 74.1 cm³/mol. The molecule has 0 saturated heterocycles. The maximum Gasteiger partial charge on any atom is 0.158 e. The lowest BCUT2D eigenvalue weighted by atomic mass is 10.1. The van der Waals surface area contributed by atoms with Crippen LogP contribution in [0.5, 0.6) is 0 Å². The van der Waals surface area contributed by atoms with Crippen LogP contribution in [0.15, 0.2) is 18.2 Å². The Kier molecular flexibility index (Phi) is 3.36. The van der Waals surface area contributed by atoms with Crippen LogP contribution in [-0.2, 0) is 13.5 Å². The molecule has 0 fully saturated rings. The van der Waals surface area contributed by atoms with Gasteiger partial charge in [-0.05, 0) is 24.5 Å². The van der Waals surface area contributed by atoms with Gasteiger partial charge in [0.2, 0.25) is 0 Å². The summed E-state index contributed by atoms with van der Waals surface area (Å²) in [5.41, 5.74) is 8.85. The molecule has 2 rings (SSSR count). The smallest absolute Gasteiger partial charge is 0.158 e. The fourth-order valence-corrected chi connectivity index (χ4v) is 2.02. The fraction of sp³-hybridized carbons (Fsp3) is 0.429. The van der Waals surface area contributed by atoms with Crippen molar-refractivity contribution in [2.45, 2.75) is 27.2 Å². The first-order chi connectivity index (χ1) is 8.49. The average molecular weight is 244 g/mol. The van der Waals surface area contributed by atoms with E-state index in [0.717, 1.165) is 34.9 Å². The molecule has 0 bridgehead atoms.